The lowest BCUT2D eigenvalue weighted by Gasteiger charge is -1.85. The first-order valence-electron chi connectivity index (χ1n) is 3.56. The summed E-state index contributed by atoms with van der Waals surface area (Å²) in [5.74, 6) is -0.461. The van der Waals surface area contributed by atoms with Crippen molar-refractivity contribution in [1.82, 2.24) is 0 Å². The second-order valence-electron chi connectivity index (χ2n) is 2.06. The van der Waals surface area contributed by atoms with Crippen LogP contribution >= 0.6 is 0 Å². The molecule has 0 heterocycles. The second kappa shape index (κ2) is 7.75. The maximum absolute atomic E-state index is 9.79. The molecule has 0 spiro atoms. The van der Waals surface area contributed by atoms with Crippen LogP contribution in [0.1, 0.15) is 20.3 Å². The third kappa shape index (κ3) is 24.7. The van der Waals surface area contributed by atoms with Crippen molar-refractivity contribution in [2.75, 3.05) is 5.75 Å². The number of rotatable bonds is 3. The molecule has 0 saturated heterocycles. The highest BCUT2D eigenvalue weighted by atomic mass is 32.2. The largest absolute Gasteiger partial charge is 0.435 e. The van der Waals surface area contributed by atoms with Gasteiger partial charge in [0.15, 0.2) is 0 Å². The molecule has 0 radical (unpaired) electrons. The molecule has 13 heavy (non-hydrogen) atoms. The monoisotopic (exact) mass is 210 g/mol. The topological polar surface area (TPSA) is 80.7 Å². The summed E-state index contributed by atoms with van der Waals surface area (Å²) in [4.78, 5) is 9.75. The van der Waals surface area contributed by atoms with Gasteiger partial charge in [-0.2, -0.15) is 8.42 Å². The Labute approximate surface area is 78.1 Å². The second-order valence-corrected chi connectivity index (χ2v) is 3.63. The molecule has 0 unspecified atom stereocenters. The fourth-order valence-corrected chi connectivity index (χ4v) is 0.891. The van der Waals surface area contributed by atoms with Crippen LogP contribution in [0.5, 0.6) is 0 Å². The van der Waals surface area contributed by atoms with Crippen molar-refractivity contribution in [3.05, 3.63) is 12.8 Å². The molecule has 0 aromatic carbocycles. The number of ether oxygens (including phenoxy) is 1. The van der Waals surface area contributed by atoms with Gasteiger partial charge in [0.1, 0.15) is 0 Å². The SMILES string of the molecule is C=COC(C)=O.CCCS(=O)(=O)O. The van der Waals surface area contributed by atoms with Gasteiger partial charge in [-0.3, -0.25) is 9.35 Å². The van der Waals surface area contributed by atoms with E-state index in [9.17, 15) is 13.2 Å². The molecule has 6 heteroatoms. The summed E-state index contributed by atoms with van der Waals surface area (Å²) in [6.45, 7) is 6.17. The van der Waals surface area contributed by atoms with Gasteiger partial charge in [-0.05, 0) is 6.42 Å². The zero-order chi connectivity index (χ0) is 10.9. The summed E-state index contributed by atoms with van der Waals surface area (Å²) < 4.78 is 31.7. The van der Waals surface area contributed by atoms with Crippen LogP contribution in [0, 0.1) is 0 Å². The third-order valence-electron chi connectivity index (χ3n) is 0.711. The molecule has 78 valence electrons. The number of hydrogen-bond donors (Lipinski definition) is 1. The lowest BCUT2D eigenvalue weighted by atomic mass is 10.6. The minimum atomic E-state index is -3.67. The predicted molar refractivity (Wildman–Crippen MR) is 48.7 cm³/mol. The fraction of sp³-hybridized carbons (Fsp3) is 0.571. The lowest BCUT2D eigenvalue weighted by molar-refractivity contribution is -0.135. The highest BCUT2D eigenvalue weighted by molar-refractivity contribution is 7.85. The van der Waals surface area contributed by atoms with Crippen LogP contribution in [-0.4, -0.2) is 24.7 Å². The summed E-state index contributed by atoms with van der Waals surface area (Å²) in [5.41, 5.74) is 0. The number of hydrogen-bond acceptors (Lipinski definition) is 4. The summed E-state index contributed by atoms with van der Waals surface area (Å²) in [5, 5.41) is 0. The van der Waals surface area contributed by atoms with Gasteiger partial charge < -0.3 is 4.74 Å². The van der Waals surface area contributed by atoms with E-state index >= 15 is 0 Å². The average Bonchev–Trinajstić information content (AvgIpc) is 1.84. The van der Waals surface area contributed by atoms with E-state index in [2.05, 4.69) is 11.3 Å². The summed E-state index contributed by atoms with van der Waals surface area (Å²) in [6, 6.07) is 0. The standard InChI is InChI=1S/C4H6O2.C3H8O3S/c1-3-6-4(2)5;1-2-3-7(4,5)6/h3H,1H2,2H3;2-3H2,1H3,(H,4,5,6). The molecular weight excluding hydrogens is 196 g/mol. The molecule has 0 aliphatic rings. The third-order valence-corrected chi connectivity index (χ3v) is 1.64. The molecule has 0 fully saturated rings. The van der Waals surface area contributed by atoms with E-state index in [1.54, 1.807) is 6.92 Å². The van der Waals surface area contributed by atoms with Crippen molar-refractivity contribution >= 4 is 16.1 Å². The van der Waals surface area contributed by atoms with Crippen LogP contribution in [0.15, 0.2) is 12.8 Å². The van der Waals surface area contributed by atoms with Crippen LogP contribution in [0.2, 0.25) is 0 Å². The molecular formula is C7H14O5S. The Hall–Kier alpha value is -0.880. The van der Waals surface area contributed by atoms with Gasteiger partial charge in [-0.15, -0.1) is 0 Å². The Bertz CT molecular complexity index is 242. The van der Waals surface area contributed by atoms with Crippen LogP contribution in [0.4, 0.5) is 0 Å². The minimum Gasteiger partial charge on any atom is -0.435 e. The van der Waals surface area contributed by atoms with Gasteiger partial charge in [0.05, 0.1) is 12.0 Å². The smallest absolute Gasteiger partial charge is 0.307 e. The first-order valence-corrected chi connectivity index (χ1v) is 5.17. The van der Waals surface area contributed by atoms with Gasteiger partial charge in [-0.25, -0.2) is 0 Å². The van der Waals surface area contributed by atoms with Crippen molar-refractivity contribution in [2.24, 2.45) is 0 Å². The zero-order valence-corrected chi connectivity index (χ0v) is 8.50. The lowest BCUT2D eigenvalue weighted by Crippen LogP contribution is -2.01. The zero-order valence-electron chi connectivity index (χ0n) is 7.69. The van der Waals surface area contributed by atoms with Gasteiger partial charge in [0.2, 0.25) is 0 Å². The van der Waals surface area contributed by atoms with E-state index in [-0.39, 0.29) is 11.7 Å². The molecule has 0 aliphatic carbocycles. The van der Waals surface area contributed by atoms with Crippen molar-refractivity contribution in [3.8, 4) is 0 Å². The van der Waals surface area contributed by atoms with E-state index in [4.69, 9.17) is 4.55 Å². The van der Waals surface area contributed by atoms with E-state index in [0.717, 1.165) is 6.26 Å². The minimum absolute atomic E-state index is 0.132. The molecule has 0 aromatic rings. The van der Waals surface area contributed by atoms with E-state index in [0.29, 0.717) is 6.42 Å². The Kier molecular flexibility index (Phi) is 8.73. The molecule has 0 amide bonds. The summed E-state index contributed by atoms with van der Waals surface area (Å²) >= 11 is 0. The Morgan fingerprint density at radius 2 is 2.08 bits per heavy atom. The maximum Gasteiger partial charge on any atom is 0.307 e. The molecule has 0 aromatic heterocycles. The van der Waals surface area contributed by atoms with Crippen molar-refractivity contribution in [3.63, 3.8) is 0 Å². The van der Waals surface area contributed by atoms with E-state index < -0.39 is 10.1 Å². The fourth-order valence-electron chi connectivity index (χ4n) is 0.375. The Morgan fingerprint density at radius 1 is 1.62 bits per heavy atom. The van der Waals surface area contributed by atoms with Crippen LogP contribution in [-0.2, 0) is 19.6 Å². The molecule has 1 N–H and O–H groups in total. The van der Waals surface area contributed by atoms with Crippen LogP contribution in [0.25, 0.3) is 0 Å². The van der Waals surface area contributed by atoms with Crippen molar-refractivity contribution in [1.29, 1.82) is 0 Å². The highest BCUT2D eigenvalue weighted by Gasteiger charge is 1.98. The Morgan fingerprint density at radius 3 is 2.08 bits per heavy atom. The number of esters is 1. The molecule has 0 bridgehead atoms. The maximum atomic E-state index is 9.79. The van der Waals surface area contributed by atoms with E-state index in [1.807, 2.05) is 0 Å². The van der Waals surface area contributed by atoms with E-state index in [1.165, 1.54) is 6.92 Å². The molecule has 0 aliphatic heterocycles. The van der Waals surface area contributed by atoms with Gasteiger partial charge >= 0.3 is 5.97 Å². The van der Waals surface area contributed by atoms with Gasteiger partial charge in [-0.1, -0.05) is 13.5 Å². The first-order chi connectivity index (χ1) is 5.83. The van der Waals surface area contributed by atoms with Gasteiger partial charge in [0, 0.05) is 6.92 Å². The first kappa shape index (κ1) is 14.6. The number of carbonyl (C=O) groups is 1. The molecule has 0 rings (SSSR count). The highest BCUT2D eigenvalue weighted by Crippen LogP contribution is 1.83. The van der Waals surface area contributed by atoms with Crippen LogP contribution in [0.3, 0.4) is 0 Å². The predicted octanol–water partition coefficient (Wildman–Crippen LogP) is 0.977. The molecule has 0 saturated carbocycles. The summed E-state index contributed by atoms with van der Waals surface area (Å²) in [7, 11) is -3.67. The normalized spacial score (nSPS) is 9.46. The average molecular weight is 210 g/mol. The van der Waals surface area contributed by atoms with Crippen molar-refractivity contribution < 1.29 is 22.5 Å². The molecule has 5 nitrogen and oxygen atoms in total. The quantitative estimate of drug-likeness (QED) is 0.426. The Balaban J connectivity index is 0. The summed E-state index contributed by atoms with van der Waals surface area (Å²) in [6.07, 6.45) is 1.57. The molecule has 0 atom stereocenters. The van der Waals surface area contributed by atoms with Gasteiger partial charge in [0.25, 0.3) is 10.1 Å². The van der Waals surface area contributed by atoms with Crippen LogP contribution < -0.4 is 0 Å². The number of carbonyl (C=O) groups excluding carboxylic acids is 1. The van der Waals surface area contributed by atoms with Crippen molar-refractivity contribution in [2.45, 2.75) is 20.3 Å².